The summed E-state index contributed by atoms with van der Waals surface area (Å²) in [5.41, 5.74) is 5.99. The molecule has 1 radical (unpaired) electrons. The molecule has 0 amide bonds. The monoisotopic (exact) mass is 540 g/mol. The minimum atomic E-state index is -0.436. The summed E-state index contributed by atoms with van der Waals surface area (Å²) in [5.74, 6) is -0.143. The Balaban J connectivity index is 1.26. The van der Waals surface area contributed by atoms with E-state index in [2.05, 4.69) is 40.2 Å². The second kappa shape index (κ2) is 10.6. The summed E-state index contributed by atoms with van der Waals surface area (Å²) >= 11 is 3.43. The predicted octanol–water partition coefficient (Wildman–Crippen LogP) is 6.23. The van der Waals surface area contributed by atoms with E-state index in [0.717, 1.165) is 10.0 Å². The van der Waals surface area contributed by atoms with Crippen LogP contribution in [0.4, 0.5) is 0 Å². The fourth-order valence-corrected chi connectivity index (χ4v) is 5.12. The van der Waals surface area contributed by atoms with Crippen LogP contribution in [0.3, 0.4) is 0 Å². The van der Waals surface area contributed by atoms with Crippen LogP contribution < -0.4 is 5.48 Å². The lowest BCUT2D eigenvalue weighted by molar-refractivity contribution is -0.898. The zero-order valence-electron chi connectivity index (χ0n) is 19.9. The molecule has 0 heterocycles. The van der Waals surface area contributed by atoms with Gasteiger partial charge in [0, 0.05) is 33.4 Å². The smallest absolute Gasteiger partial charge is 0.294 e. The lowest BCUT2D eigenvalue weighted by atomic mass is 10.0. The van der Waals surface area contributed by atoms with Gasteiger partial charge < -0.3 is 0 Å². The van der Waals surface area contributed by atoms with Crippen LogP contribution in [0, 0.1) is 5.92 Å². The topological polar surface area (TPSA) is 62.8 Å². The van der Waals surface area contributed by atoms with Gasteiger partial charge in [-0.3, -0.25) is 4.79 Å². The number of Topliss-reactive ketones (excluding diaryl/α,β-unsaturated/α-hetero) is 1. The van der Waals surface area contributed by atoms with Gasteiger partial charge in [-0.15, -0.1) is 0 Å². The highest BCUT2D eigenvalue weighted by molar-refractivity contribution is 9.10. The summed E-state index contributed by atoms with van der Waals surface area (Å²) in [6, 6.07) is 35.1. The molecule has 0 aliphatic heterocycles. The molecule has 0 bridgehead atoms. The first-order chi connectivity index (χ1) is 17.5. The summed E-state index contributed by atoms with van der Waals surface area (Å²) in [4.78, 5) is 31.5. The fraction of sp³-hybridized carbons (Fsp3) is 0.161. The summed E-state index contributed by atoms with van der Waals surface area (Å²) in [6.45, 7) is 1.97. The highest BCUT2D eigenvalue weighted by Crippen LogP contribution is 2.61. The van der Waals surface area contributed by atoms with E-state index in [1.807, 2.05) is 67.6 Å². The molecule has 0 aromatic heterocycles. The summed E-state index contributed by atoms with van der Waals surface area (Å²) < 4.78 is 1.00. The largest absolute Gasteiger partial charge is 0.669 e. The van der Waals surface area contributed by atoms with Crippen molar-refractivity contribution in [3.05, 3.63) is 141 Å². The number of hydrogen-bond donors (Lipinski definition) is 1. The highest BCUT2D eigenvalue weighted by atomic mass is 79.9. The van der Waals surface area contributed by atoms with Crippen molar-refractivity contribution in [2.75, 3.05) is 0 Å². The van der Waals surface area contributed by atoms with Crippen molar-refractivity contribution in [1.82, 2.24) is 0 Å². The SMILES string of the molecule is C[C@H]([NH2+]OC(=[O+])c1ccc(C(=O)C2[C@@H](c3ccccc3)[C@H]2c2ccccc2)cc1)c1ccc(Br)cc1. The standard InChI is InChI=1S/C31H26BrNO3/c1-20(21-16-18-26(32)19-17-21)33-36-31(35)25-14-12-24(13-15-25)30(34)29-27(22-8-4-2-5-9-22)28(29)23-10-6-3-7-11-23/h2-20,27-29,33H,1H3/q+1/p+1/t20-,27-,28+,29?/m0/s1. The van der Waals surface area contributed by atoms with Crippen LogP contribution in [0.5, 0.6) is 0 Å². The molecular formula is C31H27BrNO3+2. The Morgan fingerprint density at radius 2 is 1.28 bits per heavy atom. The number of carbonyl (C=O) groups is 2. The zero-order valence-corrected chi connectivity index (χ0v) is 21.5. The Hall–Kier alpha value is -3.54. The maximum Gasteiger partial charge on any atom is 0.669 e. The number of hydrogen-bond acceptors (Lipinski definition) is 3. The van der Waals surface area contributed by atoms with Crippen LogP contribution in [0.15, 0.2) is 114 Å². The summed E-state index contributed by atoms with van der Waals surface area (Å²) in [5, 5.41) is 0. The molecule has 179 valence electrons. The van der Waals surface area contributed by atoms with E-state index in [9.17, 15) is 9.59 Å². The first-order valence-corrected chi connectivity index (χ1v) is 12.9. The Kier molecular flexibility index (Phi) is 7.12. The van der Waals surface area contributed by atoms with Gasteiger partial charge in [-0.2, -0.15) is 0 Å². The molecule has 1 fully saturated rings. The van der Waals surface area contributed by atoms with Crippen molar-refractivity contribution < 1.29 is 19.9 Å². The number of ketones is 1. The molecule has 1 unspecified atom stereocenters. The number of rotatable bonds is 8. The van der Waals surface area contributed by atoms with Crippen molar-refractivity contribution in [2.24, 2.45) is 5.92 Å². The van der Waals surface area contributed by atoms with Gasteiger partial charge in [-0.05, 0) is 42.3 Å². The zero-order chi connectivity index (χ0) is 25.1. The van der Waals surface area contributed by atoms with Gasteiger partial charge in [-0.1, -0.05) is 111 Å². The van der Waals surface area contributed by atoms with Crippen LogP contribution in [0.25, 0.3) is 0 Å². The van der Waals surface area contributed by atoms with Crippen LogP contribution in [-0.2, 0) is 4.84 Å². The molecule has 36 heavy (non-hydrogen) atoms. The van der Waals surface area contributed by atoms with Crippen LogP contribution in [-0.4, -0.2) is 11.8 Å². The van der Waals surface area contributed by atoms with Crippen molar-refractivity contribution in [1.29, 1.82) is 0 Å². The first-order valence-electron chi connectivity index (χ1n) is 12.1. The number of quaternary nitrogens is 1. The van der Waals surface area contributed by atoms with Crippen molar-refractivity contribution in [3.63, 3.8) is 0 Å². The third kappa shape index (κ3) is 5.18. The van der Waals surface area contributed by atoms with Gasteiger partial charge in [0.05, 0.1) is 4.79 Å². The number of benzene rings is 4. The van der Waals surface area contributed by atoms with E-state index in [-0.39, 0.29) is 29.6 Å². The van der Waals surface area contributed by atoms with Crippen LogP contribution >= 0.6 is 15.9 Å². The minimum Gasteiger partial charge on any atom is -0.294 e. The van der Waals surface area contributed by atoms with Crippen LogP contribution in [0.1, 0.15) is 62.2 Å². The molecule has 4 atom stereocenters. The number of carbonyl (C=O) groups excluding carboxylic acids is 2. The molecule has 0 spiro atoms. The maximum absolute atomic E-state index is 13.5. The third-order valence-corrected chi connectivity index (χ3v) is 7.40. The molecule has 2 N–H and O–H groups in total. The lowest BCUT2D eigenvalue weighted by Crippen LogP contribution is -2.84. The molecular weight excluding hydrogens is 514 g/mol. The van der Waals surface area contributed by atoms with Crippen molar-refractivity contribution >= 4 is 27.7 Å². The number of nitrogens with two attached hydrogens (primary N) is 1. The second-order valence-electron chi connectivity index (χ2n) is 9.22. The average molecular weight is 541 g/mol. The Labute approximate surface area is 219 Å². The molecule has 4 aromatic carbocycles. The summed E-state index contributed by atoms with van der Waals surface area (Å²) in [6.07, 6.45) is 0. The van der Waals surface area contributed by atoms with Gasteiger partial charge in [0.15, 0.2) is 11.8 Å². The van der Waals surface area contributed by atoms with E-state index in [1.165, 1.54) is 11.1 Å². The Morgan fingerprint density at radius 1 is 0.778 bits per heavy atom. The minimum absolute atomic E-state index is 0.0393. The molecule has 1 saturated carbocycles. The molecule has 4 aromatic rings. The van der Waals surface area contributed by atoms with E-state index in [4.69, 9.17) is 4.84 Å². The molecule has 1 aliphatic carbocycles. The van der Waals surface area contributed by atoms with Crippen LogP contribution in [0.2, 0.25) is 0 Å². The van der Waals surface area contributed by atoms with E-state index >= 15 is 0 Å². The number of hydroxylamine groups is 1. The third-order valence-electron chi connectivity index (χ3n) is 6.87. The molecule has 5 heteroatoms. The average Bonchev–Trinajstić information content (AvgIpc) is 3.68. The maximum atomic E-state index is 13.5. The van der Waals surface area contributed by atoms with Gasteiger partial charge in [0.2, 0.25) is 0 Å². The van der Waals surface area contributed by atoms with Gasteiger partial charge in [0.25, 0.3) is 0 Å². The van der Waals surface area contributed by atoms with Gasteiger partial charge in [0.1, 0.15) is 5.56 Å². The Bertz CT molecular complexity index is 1290. The normalized spacial score (nSPS) is 19.3. The van der Waals surface area contributed by atoms with Gasteiger partial charge in [-0.25, -0.2) is 0 Å². The molecule has 1 aliphatic rings. The first kappa shape index (κ1) is 24.2. The number of halogens is 1. The van der Waals surface area contributed by atoms with E-state index < -0.39 is 5.97 Å². The van der Waals surface area contributed by atoms with Crippen molar-refractivity contribution in [2.45, 2.75) is 24.8 Å². The summed E-state index contributed by atoms with van der Waals surface area (Å²) in [7, 11) is 0. The van der Waals surface area contributed by atoms with E-state index in [0.29, 0.717) is 11.1 Å². The van der Waals surface area contributed by atoms with Crippen molar-refractivity contribution in [3.8, 4) is 0 Å². The second-order valence-corrected chi connectivity index (χ2v) is 10.1. The highest BCUT2D eigenvalue weighted by Gasteiger charge is 2.55. The fourth-order valence-electron chi connectivity index (χ4n) is 4.86. The Morgan fingerprint density at radius 3 is 1.81 bits per heavy atom. The molecule has 0 saturated heterocycles. The van der Waals surface area contributed by atoms with E-state index in [1.54, 1.807) is 29.7 Å². The predicted molar refractivity (Wildman–Crippen MR) is 143 cm³/mol. The molecule has 5 rings (SSSR count). The quantitative estimate of drug-likeness (QED) is 0.164. The lowest BCUT2D eigenvalue weighted by Gasteiger charge is -2.04. The van der Waals surface area contributed by atoms with Gasteiger partial charge >= 0.3 is 5.97 Å². The molecule has 4 nitrogen and oxygen atoms in total.